The van der Waals surface area contributed by atoms with Crippen molar-refractivity contribution in [2.75, 3.05) is 13.7 Å². The fourth-order valence-corrected chi connectivity index (χ4v) is 2.36. The summed E-state index contributed by atoms with van der Waals surface area (Å²) in [6.45, 7) is 2.87. The Morgan fingerprint density at radius 3 is 2.86 bits per heavy atom. The van der Waals surface area contributed by atoms with Crippen LogP contribution in [0.25, 0.3) is 0 Å². The van der Waals surface area contributed by atoms with Crippen molar-refractivity contribution in [3.05, 3.63) is 58.0 Å². The van der Waals surface area contributed by atoms with Crippen LogP contribution >= 0.6 is 0 Å². The number of hydrogen-bond acceptors (Lipinski definition) is 4. The van der Waals surface area contributed by atoms with Crippen molar-refractivity contribution in [1.82, 2.24) is 9.88 Å². The maximum Gasteiger partial charge on any atom is 0.223 e. The van der Waals surface area contributed by atoms with Gasteiger partial charge in [0.1, 0.15) is 12.4 Å². The summed E-state index contributed by atoms with van der Waals surface area (Å²) >= 11 is 0. The SMILES string of the molecule is COc1ccc(COc2cn3c(cc2=O)CNCC3)cc1. The van der Waals surface area contributed by atoms with Gasteiger partial charge in [-0.05, 0) is 17.7 Å². The lowest BCUT2D eigenvalue weighted by atomic mass is 10.2. The average Bonchev–Trinajstić information content (AvgIpc) is 2.53. The van der Waals surface area contributed by atoms with Gasteiger partial charge in [-0.15, -0.1) is 0 Å². The third kappa shape index (κ3) is 3.08. The third-order valence-electron chi connectivity index (χ3n) is 3.57. The smallest absolute Gasteiger partial charge is 0.223 e. The molecule has 0 saturated carbocycles. The van der Waals surface area contributed by atoms with Gasteiger partial charge >= 0.3 is 0 Å². The van der Waals surface area contributed by atoms with Gasteiger partial charge in [0, 0.05) is 31.4 Å². The van der Waals surface area contributed by atoms with Crippen LogP contribution in [-0.2, 0) is 19.7 Å². The third-order valence-corrected chi connectivity index (χ3v) is 3.57. The van der Waals surface area contributed by atoms with E-state index in [9.17, 15) is 4.79 Å². The van der Waals surface area contributed by atoms with Gasteiger partial charge in [0.25, 0.3) is 0 Å². The predicted molar refractivity (Wildman–Crippen MR) is 79.7 cm³/mol. The van der Waals surface area contributed by atoms with Crippen LogP contribution in [0.4, 0.5) is 0 Å². The van der Waals surface area contributed by atoms with Crippen LogP contribution in [0.15, 0.2) is 41.3 Å². The number of ether oxygens (including phenoxy) is 2. The van der Waals surface area contributed by atoms with Gasteiger partial charge in [0.15, 0.2) is 5.75 Å². The molecule has 2 heterocycles. The van der Waals surface area contributed by atoms with Gasteiger partial charge in [-0.2, -0.15) is 0 Å². The number of methoxy groups -OCH3 is 1. The highest BCUT2D eigenvalue weighted by Gasteiger charge is 2.11. The molecule has 0 spiro atoms. The Labute approximate surface area is 123 Å². The molecule has 1 aromatic carbocycles. The first-order valence-electron chi connectivity index (χ1n) is 6.96. The molecule has 1 aliphatic rings. The average molecular weight is 286 g/mol. The molecule has 3 rings (SSSR count). The van der Waals surface area contributed by atoms with Crippen molar-refractivity contribution >= 4 is 0 Å². The molecule has 0 unspecified atom stereocenters. The molecule has 0 bridgehead atoms. The molecule has 1 N–H and O–H groups in total. The van der Waals surface area contributed by atoms with E-state index in [-0.39, 0.29) is 5.43 Å². The first-order valence-corrected chi connectivity index (χ1v) is 6.96. The molecule has 0 fully saturated rings. The number of nitrogens with one attached hydrogen (secondary N) is 1. The van der Waals surface area contributed by atoms with Crippen molar-refractivity contribution in [1.29, 1.82) is 0 Å². The zero-order valence-corrected chi connectivity index (χ0v) is 12.0. The number of fused-ring (bicyclic) bond motifs is 1. The Morgan fingerprint density at radius 1 is 1.29 bits per heavy atom. The van der Waals surface area contributed by atoms with Crippen LogP contribution in [0.1, 0.15) is 11.3 Å². The van der Waals surface area contributed by atoms with Crippen molar-refractivity contribution in [3.8, 4) is 11.5 Å². The molecule has 110 valence electrons. The molecule has 1 aromatic heterocycles. The molecule has 1 aliphatic heterocycles. The molecule has 0 atom stereocenters. The molecular weight excluding hydrogens is 268 g/mol. The summed E-state index contributed by atoms with van der Waals surface area (Å²) in [5.41, 5.74) is 1.93. The summed E-state index contributed by atoms with van der Waals surface area (Å²) in [4.78, 5) is 12.0. The number of nitrogens with zero attached hydrogens (tertiary/aromatic N) is 1. The van der Waals surface area contributed by atoms with E-state index >= 15 is 0 Å². The first kappa shape index (κ1) is 13.7. The number of hydrogen-bond donors (Lipinski definition) is 1. The molecule has 2 aromatic rings. The standard InChI is InChI=1S/C16H18N2O3/c1-20-14-4-2-12(3-5-14)11-21-16-10-18-7-6-17-9-13(18)8-15(16)19/h2-5,8,10,17H,6-7,9,11H2,1H3. The number of aromatic nitrogens is 1. The molecule has 0 amide bonds. The van der Waals surface area contributed by atoms with E-state index in [1.807, 2.05) is 30.5 Å². The van der Waals surface area contributed by atoms with Gasteiger partial charge in [0.2, 0.25) is 5.43 Å². The molecule has 5 heteroatoms. The maximum atomic E-state index is 12.0. The van der Waals surface area contributed by atoms with Crippen LogP contribution in [0.3, 0.4) is 0 Å². The first-order chi connectivity index (χ1) is 10.3. The van der Waals surface area contributed by atoms with Crippen LogP contribution in [0, 0.1) is 0 Å². The molecule has 0 aliphatic carbocycles. The Bertz CT molecular complexity index is 677. The van der Waals surface area contributed by atoms with Crippen molar-refractivity contribution in [2.45, 2.75) is 19.7 Å². The van der Waals surface area contributed by atoms with E-state index in [0.29, 0.717) is 12.4 Å². The second kappa shape index (κ2) is 6.01. The van der Waals surface area contributed by atoms with Gasteiger partial charge < -0.3 is 19.4 Å². The second-order valence-electron chi connectivity index (χ2n) is 5.00. The number of benzene rings is 1. The van der Waals surface area contributed by atoms with E-state index < -0.39 is 0 Å². The van der Waals surface area contributed by atoms with E-state index in [2.05, 4.69) is 9.88 Å². The molecular formula is C16H18N2O3. The lowest BCUT2D eigenvalue weighted by Gasteiger charge is -2.20. The summed E-state index contributed by atoms with van der Waals surface area (Å²) in [7, 11) is 1.63. The summed E-state index contributed by atoms with van der Waals surface area (Å²) in [5.74, 6) is 1.21. The minimum atomic E-state index is -0.0709. The summed E-state index contributed by atoms with van der Waals surface area (Å²) in [6, 6.07) is 9.27. The largest absolute Gasteiger partial charge is 0.497 e. The van der Waals surface area contributed by atoms with Gasteiger partial charge in [-0.3, -0.25) is 4.79 Å². The van der Waals surface area contributed by atoms with Gasteiger partial charge in [-0.1, -0.05) is 12.1 Å². The van der Waals surface area contributed by atoms with Crippen LogP contribution < -0.4 is 20.2 Å². The highest BCUT2D eigenvalue weighted by molar-refractivity contribution is 5.28. The van der Waals surface area contributed by atoms with Crippen LogP contribution in [0.2, 0.25) is 0 Å². The monoisotopic (exact) mass is 286 g/mol. The lowest BCUT2D eigenvalue weighted by Crippen LogP contribution is -2.30. The molecule has 21 heavy (non-hydrogen) atoms. The highest BCUT2D eigenvalue weighted by atomic mass is 16.5. The Balaban J connectivity index is 1.73. The fraction of sp³-hybridized carbons (Fsp3) is 0.312. The highest BCUT2D eigenvalue weighted by Crippen LogP contribution is 2.14. The molecule has 0 radical (unpaired) electrons. The summed E-state index contributed by atoms with van der Waals surface area (Å²) < 4.78 is 12.9. The minimum absolute atomic E-state index is 0.0709. The van der Waals surface area contributed by atoms with E-state index in [0.717, 1.165) is 36.6 Å². The topological polar surface area (TPSA) is 52.5 Å². The Hall–Kier alpha value is -2.27. The Kier molecular flexibility index (Phi) is 3.92. The lowest BCUT2D eigenvalue weighted by molar-refractivity contribution is 0.298. The molecule has 0 saturated heterocycles. The number of pyridine rings is 1. The van der Waals surface area contributed by atoms with Crippen LogP contribution in [-0.4, -0.2) is 18.2 Å². The Morgan fingerprint density at radius 2 is 2.10 bits per heavy atom. The van der Waals surface area contributed by atoms with Crippen molar-refractivity contribution < 1.29 is 9.47 Å². The predicted octanol–water partition coefficient (Wildman–Crippen LogP) is 1.54. The summed E-state index contributed by atoms with van der Waals surface area (Å²) in [5, 5.41) is 3.24. The normalized spacial score (nSPS) is 13.6. The molecule has 5 nitrogen and oxygen atoms in total. The van der Waals surface area contributed by atoms with E-state index in [1.165, 1.54) is 0 Å². The zero-order valence-electron chi connectivity index (χ0n) is 12.0. The van der Waals surface area contributed by atoms with E-state index in [1.54, 1.807) is 13.2 Å². The van der Waals surface area contributed by atoms with Crippen molar-refractivity contribution in [2.24, 2.45) is 0 Å². The minimum Gasteiger partial charge on any atom is -0.497 e. The van der Waals surface area contributed by atoms with E-state index in [4.69, 9.17) is 9.47 Å². The second-order valence-corrected chi connectivity index (χ2v) is 5.00. The number of rotatable bonds is 4. The zero-order chi connectivity index (χ0) is 14.7. The van der Waals surface area contributed by atoms with Crippen LogP contribution in [0.5, 0.6) is 11.5 Å². The fourth-order valence-electron chi connectivity index (χ4n) is 2.36. The maximum absolute atomic E-state index is 12.0. The van der Waals surface area contributed by atoms with Crippen molar-refractivity contribution in [3.63, 3.8) is 0 Å². The van der Waals surface area contributed by atoms with Gasteiger partial charge in [-0.25, -0.2) is 0 Å². The van der Waals surface area contributed by atoms with Gasteiger partial charge in [0.05, 0.1) is 13.3 Å². The summed E-state index contributed by atoms with van der Waals surface area (Å²) in [6.07, 6.45) is 1.81. The quantitative estimate of drug-likeness (QED) is 0.926.